The minimum absolute atomic E-state index is 0.0462. The second kappa shape index (κ2) is 5.81. The van der Waals surface area contributed by atoms with Gasteiger partial charge in [0, 0.05) is 16.1 Å². The summed E-state index contributed by atoms with van der Waals surface area (Å²) in [4.78, 5) is 0. The van der Waals surface area contributed by atoms with Crippen LogP contribution in [0.3, 0.4) is 0 Å². The van der Waals surface area contributed by atoms with Gasteiger partial charge in [0.15, 0.2) is 17.5 Å². The highest BCUT2D eigenvalue weighted by Crippen LogP contribution is 2.29. The Morgan fingerprint density at radius 2 is 1.55 bits per heavy atom. The van der Waals surface area contributed by atoms with Gasteiger partial charge < -0.3 is 5.32 Å². The number of nitrogens with one attached hydrogen (secondary N) is 1. The summed E-state index contributed by atoms with van der Waals surface area (Å²) in [6.45, 7) is 0. The first-order valence-electron chi connectivity index (χ1n) is 5.71. The van der Waals surface area contributed by atoms with Crippen molar-refractivity contribution in [3.8, 4) is 0 Å². The van der Waals surface area contributed by atoms with E-state index in [0.29, 0.717) is 0 Å². The molecule has 0 aliphatic carbocycles. The summed E-state index contributed by atoms with van der Waals surface area (Å²) in [5.41, 5.74) is -0.155. The SMILES string of the molecule is CNC(c1cc(Cl)ccc1F)c1ccc(F)c(F)c1F. The predicted molar refractivity (Wildman–Crippen MR) is 68.6 cm³/mol. The van der Waals surface area contributed by atoms with Crippen LogP contribution in [-0.2, 0) is 0 Å². The molecule has 0 heterocycles. The molecule has 2 aromatic rings. The van der Waals surface area contributed by atoms with E-state index >= 15 is 0 Å². The van der Waals surface area contributed by atoms with Crippen LogP contribution in [0.5, 0.6) is 0 Å². The Kier molecular flexibility index (Phi) is 4.30. The Balaban J connectivity index is 2.58. The minimum atomic E-state index is -1.59. The van der Waals surface area contributed by atoms with E-state index in [-0.39, 0.29) is 16.1 Å². The molecule has 6 heteroatoms. The number of hydrogen-bond donors (Lipinski definition) is 1. The molecule has 1 atom stereocenters. The van der Waals surface area contributed by atoms with Crippen LogP contribution in [0.2, 0.25) is 5.02 Å². The Morgan fingerprint density at radius 3 is 2.20 bits per heavy atom. The van der Waals surface area contributed by atoms with E-state index < -0.39 is 29.3 Å². The zero-order valence-electron chi connectivity index (χ0n) is 10.4. The van der Waals surface area contributed by atoms with Crippen molar-refractivity contribution in [2.24, 2.45) is 0 Å². The van der Waals surface area contributed by atoms with Crippen molar-refractivity contribution in [3.05, 3.63) is 69.8 Å². The van der Waals surface area contributed by atoms with Crippen LogP contribution < -0.4 is 5.32 Å². The van der Waals surface area contributed by atoms with Crippen LogP contribution in [0.15, 0.2) is 30.3 Å². The third-order valence-electron chi connectivity index (χ3n) is 2.93. The van der Waals surface area contributed by atoms with E-state index in [1.165, 1.54) is 19.2 Å². The molecular weight excluding hydrogens is 294 g/mol. The smallest absolute Gasteiger partial charge is 0.194 e. The molecule has 0 aliphatic heterocycles. The lowest BCUT2D eigenvalue weighted by atomic mass is 9.97. The number of rotatable bonds is 3. The summed E-state index contributed by atoms with van der Waals surface area (Å²) in [6, 6.07) is 4.65. The molecule has 1 unspecified atom stereocenters. The molecule has 0 bridgehead atoms. The second-order valence-electron chi connectivity index (χ2n) is 4.15. The summed E-state index contributed by atoms with van der Waals surface area (Å²) in [6.07, 6.45) is 0. The van der Waals surface area contributed by atoms with E-state index in [9.17, 15) is 17.6 Å². The summed E-state index contributed by atoms with van der Waals surface area (Å²) in [7, 11) is 1.45. The lowest BCUT2D eigenvalue weighted by molar-refractivity contribution is 0.433. The van der Waals surface area contributed by atoms with E-state index in [1.54, 1.807) is 0 Å². The molecule has 0 aromatic heterocycles. The van der Waals surface area contributed by atoms with Crippen molar-refractivity contribution in [3.63, 3.8) is 0 Å². The zero-order chi connectivity index (χ0) is 14.9. The van der Waals surface area contributed by atoms with Gasteiger partial charge in [-0.1, -0.05) is 17.7 Å². The van der Waals surface area contributed by atoms with Crippen molar-refractivity contribution in [1.82, 2.24) is 5.32 Å². The maximum absolute atomic E-state index is 13.8. The molecule has 1 nitrogen and oxygen atoms in total. The van der Waals surface area contributed by atoms with Gasteiger partial charge in [-0.05, 0) is 31.3 Å². The standard InChI is InChI=1S/C14H10ClF4N/c1-20-14(9-6-7(15)2-4-10(9)16)8-3-5-11(17)13(19)12(8)18/h2-6,14,20H,1H3. The lowest BCUT2D eigenvalue weighted by Crippen LogP contribution is -2.21. The minimum Gasteiger partial charge on any atom is -0.309 e. The van der Waals surface area contributed by atoms with Gasteiger partial charge in [0.05, 0.1) is 6.04 Å². The molecule has 20 heavy (non-hydrogen) atoms. The fraction of sp³-hybridized carbons (Fsp3) is 0.143. The number of halogens is 5. The van der Waals surface area contributed by atoms with E-state index in [2.05, 4.69) is 5.32 Å². The van der Waals surface area contributed by atoms with Gasteiger partial charge in [0.2, 0.25) is 0 Å². The molecule has 2 rings (SSSR count). The zero-order valence-corrected chi connectivity index (χ0v) is 11.1. The topological polar surface area (TPSA) is 12.0 Å². The monoisotopic (exact) mass is 303 g/mol. The Labute approximate surface area is 118 Å². The van der Waals surface area contributed by atoms with Gasteiger partial charge in [-0.2, -0.15) is 0 Å². The van der Waals surface area contributed by atoms with Crippen LogP contribution in [0.1, 0.15) is 17.2 Å². The van der Waals surface area contributed by atoms with Crippen molar-refractivity contribution in [1.29, 1.82) is 0 Å². The predicted octanol–water partition coefficient (Wildman–Crippen LogP) is 4.21. The molecule has 1 N–H and O–H groups in total. The summed E-state index contributed by atoms with van der Waals surface area (Å²) < 4.78 is 53.9. The lowest BCUT2D eigenvalue weighted by Gasteiger charge is -2.19. The third kappa shape index (κ3) is 2.64. The Hall–Kier alpha value is -1.59. The summed E-state index contributed by atoms with van der Waals surface area (Å²) >= 11 is 5.78. The average molecular weight is 304 g/mol. The highest BCUT2D eigenvalue weighted by atomic mass is 35.5. The highest BCUT2D eigenvalue weighted by Gasteiger charge is 2.23. The Morgan fingerprint density at radius 1 is 0.900 bits per heavy atom. The maximum Gasteiger partial charge on any atom is 0.194 e. The van der Waals surface area contributed by atoms with Crippen LogP contribution in [-0.4, -0.2) is 7.05 Å². The average Bonchev–Trinajstić information content (AvgIpc) is 2.43. The molecule has 2 aromatic carbocycles. The Bertz CT molecular complexity index is 645. The first-order valence-corrected chi connectivity index (χ1v) is 6.09. The van der Waals surface area contributed by atoms with Crippen LogP contribution in [0, 0.1) is 23.3 Å². The van der Waals surface area contributed by atoms with Gasteiger partial charge in [-0.15, -0.1) is 0 Å². The van der Waals surface area contributed by atoms with Crippen molar-refractivity contribution < 1.29 is 17.6 Å². The molecule has 0 spiro atoms. The van der Waals surface area contributed by atoms with Crippen molar-refractivity contribution in [2.45, 2.75) is 6.04 Å². The molecule has 0 amide bonds. The summed E-state index contributed by atoms with van der Waals surface area (Å²) in [5, 5.41) is 2.92. The van der Waals surface area contributed by atoms with Gasteiger partial charge in [-0.25, -0.2) is 17.6 Å². The second-order valence-corrected chi connectivity index (χ2v) is 4.59. The van der Waals surface area contributed by atoms with E-state index in [0.717, 1.165) is 18.2 Å². The third-order valence-corrected chi connectivity index (χ3v) is 3.17. The molecule has 0 saturated heterocycles. The first kappa shape index (κ1) is 14.8. The van der Waals surface area contributed by atoms with Crippen LogP contribution in [0.4, 0.5) is 17.6 Å². The fourth-order valence-electron chi connectivity index (χ4n) is 1.98. The molecule has 0 saturated carbocycles. The van der Waals surface area contributed by atoms with Gasteiger partial charge in [0.25, 0.3) is 0 Å². The highest BCUT2D eigenvalue weighted by molar-refractivity contribution is 6.30. The quantitative estimate of drug-likeness (QED) is 0.662. The van der Waals surface area contributed by atoms with Crippen molar-refractivity contribution >= 4 is 11.6 Å². The molecule has 0 fully saturated rings. The van der Waals surface area contributed by atoms with Gasteiger partial charge >= 0.3 is 0 Å². The van der Waals surface area contributed by atoms with Crippen LogP contribution >= 0.6 is 11.6 Å². The number of benzene rings is 2. The molecule has 0 aliphatic rings. The van der Waals surface area contributed by atoms with Gasteiger partial charge in [0.1, 0.15) is 5.82 Å². The normalized spacial score (nSPS) is 12.5. The first-order chi connectivity index (χ1) is 9.45. The van der Waals surface area contributed by atoms with E-state index in [1.807, 2.05) is 0 Å². The largest absolute Gasteiger partial charge is 0.309 e. The fourth-order valence-corrected chi connectivity index (χ4v) is 2.16. The molecular formula is C14H10ClF4N. The van der Waals surface area contributed by atoms with Gasteiger partial charge in [-0.3, -0.25) is 0 Å². The molecule has 106 valence electrons. The maximum atomic E-state index is 13.8. The summed E-state index contributed by atoms with van der Waals surface area (Å²) in [5.74, 6) is -4.88. The number of hydrogen-bond acceptors (Lipinski definition) is 1. The van der Waals surface area contributed by atoms with Crippen LogP contribution in [0.25, 0.3) is 0 Å². The molecule has 0 radical (unpaired) electrons. The van der Waals surface area contributed by atoms with Crippen molar-refractivity contribution in [2.75, 3.05) is 7.05 Å². The van der Waals surface area contributed by atoms with E-state index in [4.69, 9.17) is 11.6 Å².